The summed E-state index contributed by atoms with van der Waals surface area (Å²) in [6, 6.07) is 0. The zero-order chi connectivity index (χ0) is 12.4. The third-order valence-electron chi connectivity index (χ3n) is 2.80. The average Bonchev–Trinajstić information content (AvgIpc) is 2.62. The van der Waals surface area contributed by atoms with Crippen molar-refractivity contribution in [3.63, 3.8) is 0 Å². The molecule has 0 unspecified atom stereocenters. The van der Waals surface area contributed by atoms with Gasteiger partial charge in [0.25, 0.3) is 0 Å². The molecule has 0 saturated heterocycles. The summed E-state index contributed by atoms with van der Waals surface area (Å²) in [6.07, 6.45) is 0.819. The molecule has 0 amide bonds. The van der Waals surface area contributed by atoms with Crippen molar-refractivity contribution in [1.82, 2.24) is 9.97 Å². The number of anilines is 1. The number of aromatic nitrogens is 2. The van der Waals surface area contributed by atoms with Crippen LogP contribution in [0.3, 0.4) is 0 Å². The molecule has 2 rings (SSSR count). The van der Waals surface area contributed by atoms with E-state index in [0.29, 0.717) is 6.54 Å². The second-order valence-corrected chi connectivity index (χ2v) is 5.16. The van der Waals surface area contributed by atoms with E-state index in [1.807, 2.05) is 6.92 Å². The summed E-state index contributed by atoms with van der Waals surface area (Å²) in [5, 5.41) is 13.2. The van der Waals surface area contributed by atoms with Gasteiger partial charge in [-0.3, -0.25) is 0 Å². The Morgan fingerprint density at radius 2 is 2.06 bits per heavy atom. The van der Waals surface area contributed by atoms with Crippen molar-refractivity contribution in [2.75, 3.05) is 18.5 Å². The van der Waals surface area contributed by atoms with Crippen LogP contribution in [-0.2, 0) is 6.42 Å². The van der Waals surface area contributed by atoms with Gasteiger partial charge in [0.2, 0.25) is 0 Å². The fourth-order valence-corrected chi connectivity index (χ4v) is 2.80. The number of nitrogens with one attached hydrogen (secondary N) is 1. The number of aliphatic hydroxyl groups excluding tert-OH is 1. The van der Waals surface area contributed by atoms with E-state index in [2.05, 4.69) is 29.1 Å². The van der Waals surface area contributed by atoms with Crippen molar-refractivity contribution in [2.24, 2.45) is 0 Å². The molecule has 0 atom stereocenters. The highest BCUT2D eigenvalue weighted by atomic mass is 32.1. The van der Waals surface area contributed by atoms with Crippen molar-refractivity contribution in [3.8, 4) is 0 Å². The van der Waals surface area contributed by atoms with Gasteiger partial charge in [-0.25, -0.2) is 9.97 Å². The summed E-state index contributed by atoms with van der Waals surface area (Å²) >= 11 is 1.70. The molecule has 0 fully saturated rings. The third-order valence-corrected chi connectivity index (χ3v) is 3.90. The Hall–Kier alpha value is -1.20. The molecule has 0 saturated carbocycles. The first kappa shape index (κ1) is 12.3. The Bertz CT molecular complexity index is 536. The summed E-state index contributed by atoms with van der Waals surface area (Å²) in [6.45, 7) is 6.86. The average molecular weight is 251 g/mol. The van der Waals surface area contributed by atoms with Crippen LogP contribution in [0.4, 0.5) is 5.82 Å². The van der Waals surface area contributed by atoms with Gasteiger partial charge in [-0.1, -0.05) is 6.92 Å². The van der Waals surface area contributed by atoms with E-state index < -0.39 is 0 Å². The molecule has 17 heavy (non-hydrogen) atoms. The molecular weight excluding hydrogens is 234 g/mol. The molecule has 0 aliphatic carbocycles. The van der Waals surface area contributed by atoms with Gasteiger partial charge >= 0.3 is 0 Å². The van der Waals surface area contributed by atoms with E-state index in [9.17, 15) is 0 Å². The Morgan fingerprint density at radius 1 is 1.29 bits per heavy atom. The number of rotatable bonds is 4. The smallest absolute Gasteiger partial charge is 0.138 e. The van der Waals surface area contributed by atoms with Crippen molar-refractivity contribution >= 4 is 27.4 Å². The Labute approximate surface area is 105 Å². The molecule has 0 aliphatic heterocycles. The minimum Gasteiger partial charge on any atom is -0.395 e. The molecule has 92 valence electrons. The fourth-order valence-electron chi connectivity index (χ4n) is 1.75. The van der Waals surface area contributed by atoms with Crippen LogP contribution in [0, 0.1) is 13.8 Å². The van der Waals surface area contributed by atoms with Gasteiger partial charge in [0.05, 0.1) is 12.0 Å². The molecule has 2 aromatic heterocycles. The van der Waals surface area contributed by atoms with E-state index in [4.69, 9.17) is 5.11 Å². The summed E-state index contributed by atoms with van der Waals surface area (Å²) in [7, 11) is 0. The van der Waals surface area contributed by atoms with Crippen LogP contribution in [0.25, 0.3) is 10.2 Å². The second kappa shape index (κ2) is 4.98. The van der Waals surface area contributed by atoms with Crippen LogP contribution < -0.4 is 5.32 Å². The lowest BCUT2D eigenvalue weighted by atomic mass is 10.2. The van der Waals surface area contributed by atoms with Crippen molar-refractivity contribution < 1.29 is 5.11 Å². The van der Waals surface area contributed by atoms with Gasteiger partial charge < -0.3 is 10.4 Å². The van der Waals surface area contributed by atoms with Gasteiger partial charge in [0, 0.05) is 17.8 Å². The highest BCUT2D eigenvalue weighted by Gasteiger charge is 2.13. The molecule has 2 N–H and O–H groups in total. The molecule has 0 aliphatic rings. The molecule has 0 spiro atoms. The Kier molecular flexibility index (Phi) is 3.59. The number of thiophene rings is 1. The summed E-state index contributed by atoms with van der Waals surface area (Å²) < 4.78 is 0. The number of hydrogen-bond acceptors (Lipinski definition) is 5. The Balaban J connectivity index is 2.59. The topological polar surface area (TPSA) is 58.0 Å². The predicted molar refractivity (Wildman–Crippen MR) is 71.8 cm³/mol. The van der Waals surface area contributed by atoms with E-state index in [0.717, 1.165) is 28.3 Å². The Morgan fingerprint density at radius 3 is 2.71 bits per heavy atom. The highest BCUT2D eigenvalue weighted by Crippen LogP contribution is 2.33. The number of aliphatic hydroxyl groups is 1. The van der Waals surface area contributed by atoms with E-state index >= 15 is 0 Å². The quantitative estimate of drug-likeness (QED) is 0.875. The SMILES string of the molecule is CCc1nc(NCCO)c2c(C)c(C)sc2n1. The maximum atomic E-state index is 8.90. The molecule has 2 aromatic rings. The number of fused-ring (bicyclic) bond motifs is 1. The second-order valence-electron chi connectivity index (χ2n) is 3.96. The van der Waals surface area contributed by atoms with E-state index in [-0.39, 0.29) is 6.61 Å². The summed E-state index contributed by atoms with van der Waals surface area (Å²) in [5.74, 6) is 1.70. The lowest BCUT2D eigenvalue weighted by Crippen LogP contribution is -2.09. The number of hydrogen-bond donors (Lipinski definition) is 2. The van der Waals surface area contributed by atoms with Gasteiger partial charge in [0.1, 0.15) is 16.5 Å². The maximum Gasteiger partial charge on any atom is 0.138 e. The van der Waals surface area contributed by atoms with E-state index in [1.54, 1.807) is 11.3 Å². The van der Waals surface area contributed by atoms with Gasteiger partial charge in [0.15, 0.2) is 0 Å². The van der Waals surface area contributed by atoms with Gasteiger partial charge in [-0.05, 0) is 19.4 Å². The number of nitrogens with zero attached hydrogens (tertiary/aromatic N) is 2. The summed E-state index contributed by atoms with van der Waals surface area (Å²) in [5.41, 5.74) is 1.23. The molecular formula is C12H17N3OS. The monoisotopic (exact) mass is 251 g/mol. The first-order valence-electron chi connectivity index (χ1n) is 5.78. The van der Waals surface area contributed by atoms with Crippen LogP contribution >= 0.6 is 11.3 Å². The number of aryl methyl sites for hydroxylation is 3. The van der Waals surface area contributed by atoms with Crippen LogP contribution in [0.15, 0.2) is 0 Å². The normalized spacial score (nSPS) is 11.1. The highest BCUT2D eigenvalue weighted by molar-refractivity contribution is 7.18. The molecule has 5 heteroatoms. The minimum absolute atomic E-state index is 0.106. The first-order chi connectivity index (χ1) is 8.17. The zero-order valence-electron chi connectivity index (χ0n) is 10.4. The molecule has 0 bridgehead atoms. The zero-order valence-corrected chi connectivity index (χ0v) is 11.2. The summed E-state index contributed by atoms with van der Waals surface area (Å²) in [4.78, 5) is 11.4. The third kappa shape index (κ3) is 2.25. The van der Waals surface area contributed by atoms with Crippen molar-refractivity contribution in [1.29, 1.82) is 0 Å². The predicted octanol–water partition coefficient (Wildman–Crippen LogP) is 2.27. The van der Waals surface area contributed by atoms with Gasteiger partial charge in [-0.15, -0.1) is 11.3 Å². The van der Waals surface area contributed by atoms with Crippen LogP contribution in [0.5, 0.6) is 0 Å². The van der Waals surface area contributed by atoms with Crippen LogP contribution in [0.1, 0.15) is 23.2 Å². The van der Waals surface area contributed by atoms with Crippen molar-refractivity contribution in [2.45, 2.75) is 27.2 Å². The maximum absolute atomic E-state index is 8.90. The largest absolute Gasteiger partial charge is 0.395 e. The van der Waals surface area contributed by atoms with E-state index in [1.165, 1.54) is 10.4 Å². The van der Waals surface area contributed by atoms with Crippen molar-refractivity contribution in [3.05, 3.63) is 16.3 Å². The molecule has 0 aromatic carbocycles. The molecule has 0 radical (unpaired) electrons. The molecule has 2 heterocycles. The van der Waals surface area contributed by atoms with Crippen LogP contribution in [0.2, 0.25) is 0 Å². The molecule has 4 nitrogen and oxygen atoms in total. The standard InChI is InChI=1S/C12H17N3OS/c1-4-9-14-11(13-5-6-16)10-7(2)8(3)17-12(10)15-9/h16H,4-6H2,1-3H3,(H,13,14,15). The van der Waals surface area contributed by atoms with Crippen LogP contribution in [-0.4, -0.2) is 28.2 Å². The van der Waals surface area contributed by atoms with Gasteiger partial charge in [-0.2, -0.15) is 0 Å². The lowest BCUT2D eigenvalue weighted by molar-refractivity contribution is 0.311. The first-order valence-corrected chi connectivity index (χ1v) is 6.60. The minimum atomic E-state index is 0.106. The lowest BCUT2D eigenvalue weighted by Gasteiger charge is -2.07. The fraction of sp³-hybridized carbons (Fsp3) is 0.500.